The molecule has 0 heterocycles. The predicted molar refractivity (Wildman–Crippen MR) is 83.1 cm³/mol. The van der Waals surface area contributed by atoms with Crippen LogP contribution in [-0.4, -0.2) is 6.04 Å². The minimum atomic E-state index is 0.322. The molecule has 2 N–H and O–H groups in total. The fraction of sp³-hybridized carbons (Fsp3) is 0.667. The first-order valence-electron chi connectivity index (χ1n) is 7.94. The fourth-order valence-electron chi connectivity index (χ4n) is 3.70. The lowest BCUT2D eigenvalue weighted by atomic mass is 9.70. The van der Waals surface area contributed by atoms with Gasteiger partial charge in [-0.3, -0.25) is 0 Å². The van der Waals surface area contributed by atoms with Gasteiger partial charge in [0.2, 0.25) is 0 Å². The highest BCUT2D eigenvalue weighted by molar-refractivity contribution is 5.21. The molecule has 1 aromatic rings. The summed E-state index contributed by atoms with van der Waals surface area (Å²) in [6.07, 6.45) is 5.12. The Balaban J connectivity index is 2.07. The largest absolute Gasteiger partial charge is 0.327 e. The van der Waals surface area contributed by atoms with Gasteiger partial charge >= 0.3 is 0 Å². The smallest absolute Gasteiger partial charge is 0.0136 e. The molecule has 0 bridgehead atoms. The molecule has 1 aromatic carbocycles. The maximum atomic E-state index is 6.64. The van der Waals surface area contributed by atoms with E-state index in [1.807, 2.05) is 0 Å². The van der Waals surface area contributed by atoms with Crippen molar-refractivity contribution in [3.63, 3.8) is 0 Å². The maximum Gasteiger partial charge on any atom is 0.0136 e. The van der Waals surface area contributed by atoms with Crippen LogP contribution in [0.4, 0.5) is 0 Å². The maximum absolute atomic E-state index is 6.64. The summed E-state index contributed by atoms with van der Waals surface area (Å²) in [6.45, 7) is 7.06. The molecule has 0 aromatic heterocycles. The molecule has 19 heavy (non-hydrogen) atoms. The molecular formula is C18H29N. The van der Waals surface area contributed by atoms with Crippen LogP contribution in [0.15, 0.2) is 30.3 Å². The third kappa shape index (κ3) is 3.39. The highest BCUT2D eigenvalue weighted by Crippen LogP contribution is 2.38. The third-order valence-corrected chi connectivity index (χ3v) is 5.32. The Labute approximate surface area is 118 Å². The average molecular weight is 259 g/mol. The zero-order chi connectivity index (χ0) is 13.8. The molecule has 5 atom stereocenters. The fourth-order valence-corrected chi connectivity index (χ4v) is 3.70. The number of nitrogens with two attached hydrogens (primary N) is 1. The van der Waals surface area contributed by atoms with Crippen LogP contribution in [0.1, 0.15) is 57.9 Å². The summed E-state index contributed by atoms with van der Waals surface area (Å²) in [5, 5.41) is 0. The molecule has 1 saturated carbocycles. The monoisotopic (exact) mass is 259 g/mol. The molecule has 1 heteroatoms. The van der Waals surface area contributed by atoms with Crippen molar-refractivity contribution < 1.29 is 0 Å². The molecule has 0 spiro atoms. The molecule has 2 rings (SSSR count). The van der Waals surface area contributed by atoms with Crippen molar-refractivity contribution in [3.05, 3.63) is 35.9 Å². The van der Waals surface area contributed by atoms with E-state index in [0.29, 0.717) is 17.9 Å². The van der Waals surface area contributed by atoms with Gasteiger partial charge in [0, 0.05) is 6.04 Å². The molecule has 1 fully saturated rings. The van der Waals surface area contributed by atoms with Crippen molar-refractivity contribution in [2.24, 2.45) is 23.5 Å². The van der Waals surface area contributed by atoms with Crippen LogP contribution >= 0.6 is 0 Å². The molecule has 106 valence electrons. The standard InChI is InChI=1S/C18H29N/c1-4-17(15-8-6-5-7-9-15)18(19)16-11-10-13(2)14(3)12-16/h5-9,13-14,16-18H,4,10-12,19H2,1-3H3. The SMILES string of the molecule is CCC(c1ccccc1)C(N)C1CCC(C)C(C)C1. The number of rotatable bonds is 4. The highest BCUT2D eigenvalue weighted by atomic mass is 14.7. The van der Waals surface area contributed by atoms with Gasteiger partial charge in [-0.1, -0.05) is 57.5 Å². The Morgan fingerprint density at radius 3 is 2.37 bits per heavy atom. The summed E-state index contributed by atoms with van der Waals surface area (Å²) in [7, 11) is 0. The number of hydrogen-bond acceptors (Lipinski definition) is 1. The molecule has 1 aliphatic carbocycles. The second-order valence-electron chi connectivity index (χ2n) is 6.53. The van der Waals surface area contributed by atoms with Crippen molar-refractivity contribution in [2.75, 3.05) is 0 Å². The Morgan fingerprint density at radius 2 is 1.79 bits per heavy atom. The van der Waals surface area contributed by atoms with E-state index >= 15 is 0 Å². The van der Waals surface area contributed by atoms with Gasteiger partial charge in [-0.05, 0) is 48.5 Å². The lowest BCUT2D eigenvalue weighted by Crippen LogP contribution is -2.39. The summed E-state index contributed by atoms with van der Waals surface area (Å²) in [6, 6.07) is 11.2. The van der Waals surface area contributed by atoms with Crippen LogP contribution in [0, 0.1) is 17.8 Å². The van der Waals surface area contributed by atoms with E-state index < -0.39 is 0 Å². The second kappa shape index (κ2) is 6.56. The Hall–Kier alpha value is -0.820. The van der Waals surface area contributed by atoms with Crippen LogP contribution in [0.3, 0.4) is 0 Å². The predicted octanol–water partition coefficient (Wildman–Crippen LogP) is 4.58. The number of hydrogen-bond donors (Lipinski definition) is 1. The Morgan fingerprint density at radius 1 is 1.11 bits per heavy atom. The molecule has 1 nitrogen and oxygen atoms in total. The summed E-state index contributed by atoms with van der Waals surface area (Å²) < 4.78 is 0. The van der Waals surface area contributed by atoms with Gasteiger partial charge in [0.1, 0.15) is 0 Å². The van der Waals surface area contributed by atoms with Gasteiger partial charge in [0.25, 0.3) is 0 Å². The zero-order valence-electron chi connectivity index (χ0n) is 12.7. The quantitative estimate of drug-likeness (QED) is 0.841. The lowest BCUT2D eigenvalue weighted by molar-refractivity contribution is 0.173. The zero-order valence-corrected chi connectivity index (χ0v) is 12.7. The first-order valence-corrected chi connectivity index (χ1v) is 7.94. The van der Waals surface area contributed by atoms with Crippen LogP contribution in [0.2, 0.25) is 0 Å². The van der Waals surface area contributed by atoms with E-state index in [0.717, 1.165) is 18.3 Å². The summed E-state index contributed by atoms with van der Waals surface area (Å²) in [4.78, 5) is 0. The first kappa shape index (κ1) is 14.6. The van der Waals surface area contributed by atoms with Crippen molar-refractivity contribution >= 4 is 0 Å². The number of benzene rings is 1. The highest BCUT2D eigenvalue weighted by Gasteiger charge is 2.32. The van der Waals surface area contributed by atoms with E-state index in [-0.39, 0.29) is 0 Å². The van der Waals surface area contributed by atoms with Crippen LogP contribution in [0.25, 0.3) is 0 Å². The first-order chi connectivity index (χ1) is 9.13. The van der Waals surface area contributed by atoms with Gasteiger partial charge in [0.05, 0.1) is 0 Å². The normalized spacial score (nSPS) is 30.8. The van der Waals surface area contributed by atoms with Crippen LogP contribution in [-0.2, 0) is 0 Å². The Kier molecular flexibility index (Phi) is 5.04. The van der Waals surface area contributed by atoms with Crippen LogP contribution in [0.5, 0.6) is 0 Å². The second-order valence-corrected chi connectivity index (χ2v) is 6.53. The van der Waals surface area contributed by atoms with Gasteiger partial charge in [0.15, 0.2) is 0 Å². The van der Waals surface area contributed by atoms with Crippen molar-refractivity contribution in [2.45, 2.75) is 58.4 Å². The lowest BCUT2D eigenvalue weighted by Gasteiger charge is -2.38. The molecule has 0 amide bonds. The van der Waals surface area contributed by atoms with E-state index in [2.05, 4.69) is 51.1 Å². The summed E-state index contributed by atoms with van der Waals surface area (Å²) >= 11 is 0. The van der Waals surface area contributed by atoms with E-state index in [9.17, 15) is 0 Å². The average Bonchev–Trinajstić information content (AvgIpc) is 2.44. The van der Waals surface area contributed by atoms with Crippen molar-refractivity contribution in [1.82, 2.24) is 0 Å². The third-order valence-electron chi connectivity index (χ3n) is 5.32. The molecule has 0 aliphatic heterocycles. The summed E-state index contributed by atoms with van der Waals surface area (Å²) in [5.41, 5.74) is 8.06. The van der Waals surface area contributed by atoms with Gasteiger partial charge < -0.3 is 5.73 Å². The summed E-state index contributed by atoms with van der Waals surface area (Å²) in [5.74, 6) is 2.93. The van der Waals surface area contributed by atoms with Gasteiger partial charge in [-0.25, -0.2) is 0 Å². The van der Waals surface area contributed by atoms with Crippen molar-refractivity contribution in [1.29, 1.82) is 0 Å². The van der Waals surface area contributed by atoms with Gasteiger partial charge in [-0.15, -0.1) is 0 Å². The topological polar surface area (TPSA) is 26.0 Å². The molecule has 0 radical (unpaired) electrons. The minimum Gasteiger partial charge on any atom is -0.327 e. The molecular weight excluding hydrogens is 230 g/mol. The van der Waals surface area contributed by atoms with E-state index in [4.69, 9.17) is 5.73 Å². The molecule has 1 aliphatic rings. The van der Waals surface area contributed by atoms with Gasteiger partial charge in [-0.2, -0.15) is 0 Å². The molecule has 0 saturated heterocycles. The van der Waals surface area contributed by atoms with E-state index in [1.165, 1.54) is 24.8 Å². The minimum absolute atomic E-state index is 0.322. The molecule has 5 unspecified atom stereocenters. The van der Waals surface area contributed by atoms with Crippen molar-refractivity contribution in [3.8, 4) is 0 Å². The van der Waals surface area contributed by atoms with E-state index in [1.54, 1.807) is 0 Å². The van der Waals surface area contributed by atoms with Crippen LogP contribution < -0.4 is 5.73 Å². The Bertz CT molecular complexity index is 373.